The Kier molecular flexibility index (Phi) is 6.82. The Hall–Kier alpha value is -0.750. The molecule has 1 atom stereocenters. The summed E-state index contributed by atoms with van der Waals surface area (Å²) in [6.45, 7) is 9.17. The number of carboxylic acids is 1. The molecule has 1 fully saturated rings. The number of aliphatic carboxylic acids is 1. The Morgan fingerprint density at radius 2 is 1.90 bits per heavy atom. The van der Waals surface area contributed by atoms with Gasteiger partial charge < -0.3 is 10.0 Å². The topological polar surface area (TPSA) is 60.9 Å². The second-order valence-corrected chi connectivity index (χ2v) is 6.94. The molecule has 1 rings (SSSR count). The van der Waals surface area contributed by atoms with E-state index in [4.69, 9.17) is 5.11 Å². The Bertz CT molecular complexity index is 339. The highest BCUT2D eigenvalue weighted by atomic mass is 32.2. The van der Waals surface area contributed by atoms with Gasteiger partial charge in [-0.15, -0.1) is 0 Å². The Balaban J connectivity index is 2.67. The van der Waals surface area contributed by atoms with Gasteiger partial charge in [-0.1, -0.05) is 0 Å². The molecule has 0 aromatic carbocycles. The quantitative estimate of drug-likeness (QED) is 0.806. The zero-order valence-electron chi connectivity index (χ0n) is 12.8. The van der Waals surface area contributed by atoms with E-state index >= 15 is 0 Å². The fraction of sp³-hybridized carbons (Fsp3) is 0.857. The van der Waals surface area contributed by atoms with E-state index in [1.165, 1.54) is 0 Å². The average molecular weight is 302 g/mol. The summed E-state index contributed by atoms with van der Waals surface area (Å²) in [5, 5.41) is 8.97. The summed E-state index contributed by atoms with van der Waals surface area (Å²) in [6, 6.07) is 0.301. The molecule has 1 heterocycles. The van der Waals surface area contributed by atoms with Crippen LogP contribution in [-0.2, 0) is 9.59 Å². The van der Waals surface area contributed by atoms with Crippen molar-refractivity contribution in [3.05, 3.63) is 0 Å². The van der Waals surface area contributed by atoms with Crippen molar-refractivity contribution in [2.24, 2.45) is 0 Å². The van der Waals surface area contributed by atoms with E-state index in [0.29, 0.717) is 6.54 Å². The average Bonchev–Trinajstić information content (AvgIpc) is 2.29. The van der Waals surface area contributed by atoms with Crippen LogP contribution >= 0.6 is 11.8 Å². The van der Waals surface area contributed by atoms with Crippen LogP contribution < -0.4 is 0 Å². The molecule has 0 saturated carbocycles. The summed E-state index contributed by atoms with van der Waals surface area (Å²) in [6.07, 6.45) is 0.115. The lowest BCUT2D eigenvalue weighted by Crippen LogP contribution is -2.52. The molecule has 1 amide bonds. The Labute approximate surface area is 125 Å². The molecule has 0 aromatic rings. The third-order valence-electron chi connectivity index (χ3n) is 3.50. The predicted molar refractivity (Wildman–Crippen MR) is 82.1 cm³/mol. The van der Waals surface area contributed by atoms with Crippen LogP contribution in [0.3, 0.4) is 0 Å². The first-order valence-corrected chi connectivity index (χ1v) is 8.33. The summed E-state index contributed by atoms with van der Waals surface area (Å²) in [4.78, 5) is 27.3. The van der Waals surface area contributed by atoms with Gasteiger partial charge in [0.05, 0.1) is 13.0 Å². The number of rotatable bonds is 6. The first kappa shape index (κ1) is 17.3. The molecule has 1 aliphatic rings. The van der Waals surface area contributed by atoms with Crippen molar-refractivity contribution in [1.29, 1.82) is 0 Å². The number of hydrogen-bond donors (Lipinski definition) is 1. The van der Waals surface area contributed by atoms with Gasteiger partial charge in [0.1, 0.15) is 0 Å². The summed E-state index contributed by atoms with van der Waals surface area (Å²) >= 11 is 1.77. The summed E-state index contributed by atoms with van der Waals surface area (Å²) in [7, 11) is 0. The van der Waals surface area contributed by atoms with Gasteiger partial charge in [-0.05, 0) is 27.7 Å². The molecule has 116 valence electrons. The largest absolute Gasteiger partial charge is 0.481 e. The molecule has 1 N–H and O–H groups in total. The Morgan fingerprint density at radius 1 is 1.30 bits per heavy atom. The molecule has 0 bridgehead atoms. The first-order valence-electron chi connectivity index (χ1n) is 7.17. The van der Waals surface area contributed by atoms with Gasteiger partial charge in [0.15, 0.2) is 0 Å². The number of amides is 1. The van der Waals surface area contributed by atoms with Gasteiger partial charge in [-0.3, -0.25) is 14.5 Å². The van der Waals surface area contributed by atoms with Crippen molar-refractivity contribution in [3.8, 4) is 0 Å². The highest BCUT2D eigenvalue weighted by Crippen LogP contribution is 2.19. The zero-order chi connectivity index (χ0) is 15.3. The van der Waals surface area contributed by atoms with E-state index in [9.17, 15) is 9.59 Å². The van der Waals surface area contributed by atoms with Crippen LogP contribution in [0.4, 0.5) is 0 Å². The minimum Gasteiger partial charge on any atom is -0.481 e. The minimum absolute atomic E-state index is 0.0311. The lowest BCUT2D eigenvalue weighted by atomic mass is 10.1. The number of carboxylic acid groups (broad SMARTS) is 1. The molecule has 20 heavy (non-hydrogen) atoms. The van der Waals surface area contributed by atoms with Crippen molar-refractivity contribution >= 4 is 23.6 Å². The van der Waals surface area contributed by atoms with Gasteiger partial charge in [0.2, 0.25) is 5.91 Å². The predicted octanol–water partition coefficient (Wildman–Crippen LogP) is 1.52. The van der Waals surface area contributed by atoms with Gasteiger partial charge in [0, 0.05) is 36.2 Å². The molecule has 0 spiro atoms. The third kappa shape index (κ3) is 4.98. The highest BCUT2D eigenvalue weighted by Gasteiger charge is 2.29. The summed E-state index contributed by atoms with van der Waals surface area (Å²) in [5.41, 5.74) is 0. The van der Waals surface area contributed by atoms with Crippen LogP contribution in [0.2, 0.25) is 0 Å². The van der Waals surface area contributed by atoms with Crippen molar-refractivity contribution in [2.75, 3.05) is 24.6 Å². The van der Waals surface area contributed by atoms with E-state index < -0.39 is 5.97 Å². The first-order chi connectivity index (χ1) is 9.32. The molecule has 0 aliphatic carbocycles. The second-order valence-electron chi connectivity index (χ2n) is 5.79. The van der Waals surface area contributed by atoms with Gasteiger partial charge in [0.25, 0.3) is 0 Å². The zero-order valence-corrected chi connectivity index (χ0v) is 13.7. The maximum atomic E-state index is 12.5. The maximum absolute atomic E-state index is 12.5. The van der Waals surface area contributed by atoms with E-state index in [1.54, 1.807) is 11.8 Å². The molecule has 5 nitrogen and oxygen atoms in total. The van der Waals surface area contributed by atoms with Crippen molar-refractivity contribution in [1.82, 2.24) is 9.80 Å². The van der Waals surface area contributed by atoms with Crippen LogP contribution in [0, 0.1) is 0 Å². The molecule has 0 radical (unpaired) electrons. The normalized spacial score (nSPS) is 20.4. The summed E-state index contributed by atoms with van der Waals surface area (Å²) < 4.78 is 0. The SMILES string of the molecule is CC(C)N(C(=O)CN1CCSCC1CC(=O)O)C(C)C. The lowest BCUT2D eigenvalue weighted by molar-refractivity contribution is -0.141. The maximum Gasteiger partial charge on any atom is 0.304 e. The molecular formula is C14H26N2O3S. The van der Waals surface area contributed by atoms with Crippen molar-refractivity contribution in [2.45, 2.75) is 52.2 Å². The molecule has 6 heteroatoms. The molecular weight excluding hydrogens is 276 g/mol. The smallest absolute Gasteiger partial charge is 0.304 e. The fourth-order valence-electron chi connectivity index (χ4n) is 2.71. The van der Waals surface area contributed by atoms with Crippen LogP contribution in [0.1, 0.15) is 34.1 Å². The van der Waals surface area contributed by atoms with Crippen LogP contribution in [0.15, 0.2) is 0 Å². The van der Waals surface area contributed by atoms with E-state index in [0.717, 1.165) is 18.1 Å². The molecule has 0 aromatic heterocycles. The summed E-state index contributed by atoms with van der Waals surface area (Å²) in [5.74, 6) is 1.06. The fourth-order valence-corrected chi connectivity index (χ4v) is 3.85. The number of nitrogens with zero attached hydrogens (tertiary/aromatic N) is 2. The van der Waals surface area contributed by atoms with E-state index in [2.05, 4.69) is 0 Å². The van der Waals surface area contributed by atoms with Gasteiger partial charge in [-0.25, -0.2) is 0 Å². The standard InChI is InChI=1S/C14H26N2O3S/c1-10(2)16(11(3)4)13(17)8-15-5-6-20-9-12(15)7-14(18)19/h10-12H,5-9H2,1-4H3,(H,18,19). The number of carbonyl (C=O) groups excluding carboxylic acids is 1. The van der Waals surface area contributed by atoms with Crippen LogP contribution in [0.25, 0.3) is 0 Å². The van der Waals surface area contributed by atoms with Crippen LogP contribution in [-0.4, -0.2) is 69.5 Å². The monoisotopic (exact) mass is 302 g/mol. The highest BCUT2D eigenvalue weighted by molar-refractivity contribution is 7.99. The second kappa shape index (κ2) is 7.88. The minimum atomic E-state index is -0.792. The van der Waals surface area contributed by atoms with Crippen LogP contribution in [0.5, 0.6) is 0 Å². The lowest BCUT2D eigenvalue weighted by Gasteiger charge is -2.37. The van der Waals surface area contributed by atoms with Gasteiger partial charge in [-0.2, -0.15) is 11.8 Å². The van der Waals surface area contributed by atoms with Crippen molar-refractivity contribution in [3.63, 3.8) is 0 Å². The van der Waals surface area contributed by atoms with E-state index in [1.807, 2.05) is 37.5 Å². The molecule has 1 saturated heterocycles. The van der Waals surface area contributed by atoms with Crippen molar-refractivity contribution < 1.29 is 14.7 Å². The van der Waals surface area contributed by atoms with E-state index in [-0.39, 0.29) is 30.5 Å². The number of hydrogen-bond acceptors (Lipinski definition) is 4. The molecule has 1 aliphatic heterocycles. The van der Waals surface area contributed by atoms with Gasteiger partial charge >= 0.3 is 5.97 Å². The molecule has 1 unspecified atom stereocenters. The number of carbonyl (C=O) groups is 2. The Morgan fingerprint density at radius 3 is 2.40 bits per heavy atom. The number of thioether (sulfide) groups is 1. The third-order valence-corrected chi connectivity index (χ3v) is 4.59.